The Hall–Kier alpha value is -3.45. The van der Waals surface area contributed by atoms with E-state index in [1.165, 1.54) is 25.0 Å². The molecule has 2 saturated heterocycles. The fourth-order valence-corrected chi connectivity index (χ4v) is 9.33. The van der Waals surface area contributed by atoms with Crippen LogP contribution in [0.15, 0.2) is 24.3 Å². The summed E-state index contributed by atoms with van der Waals surface area (Å²) in [6.07, 6.45) is -1.04. The van der Waals surface area contributed by atoms with Gasteiger partial charge in [0.1, 0.15) is 32.2 Å². The number of fused-ring (bicyclic) bond motifs is 2. The Morgan fingerprint density at radius 3 is 2.45 bits per heavy atom. The van der Waals surface area contributed by atoms with E-state index in [2.05, 4.69) is 61.7 Å². The predicted molar refractivity (Wildman–Crippen MR) is 186 cm³/mol. The number of methoxy groups -OCH3 is 1. The van der Waals surface area contributed by atoms with Gasteiger partial charge in [-0.15, -0.1) is 11.3 Å². The Bertz CT molecular complexity index is 1970. The molecular formula is C34H42F3N7O3S2. The Balaban J connectivity index is 1.10. The smallest absolute Gasteiger partial charge is 0.393 e. The van der Waals surface area contributed by atoms with Crippen LogP contribution in [0.1, 0.15) is 54.3 Å². The van der Waals surface area contributed by atoms with Gasteiger partial charge in [0.15, 0.2) is 0 Å². The SMILES string of the molecule is COc1nc(NC2CCN(Cc3ccc4c(cc(C#N)n4C[C@H](C)N4CCC(S(C)(=O)=O)CC4)c3C)CC2)c2cc(CC(F)(F)F)sc2n1. The molecule has 2 aliphatic rings. The van der Waals surface area contributed by atoms with Crippen molar-refractivity contribution in [3.63, 3.8) is 0 Å². The van der Waals surface area contributed by atoms with Gasteiger partial charge in [-0.3, -0.25) is 9.80 Å². The van der Waals surface area contributed by atoms with Crippen molar-refractivity contribution in [2.75, 3.05) is 44.9 Å². The van der Waals surface area contributed by atoms with E-state index in [0.29, 0.717) is 41.1 Å². The van der Waals surface area contributed by atoms with Crippen molar-refractivity contribution in [3.05, 3.63) is 46.0 Å². The highest BCUT2D eigenvalue weighted by Crippen LogP contribution is 2.35. The number of ether oxygens (including phenoxy) is 1. The molecule has 0 radical (unpaired) electrons. The van der Waals surface area contributed by atoms with Crippen molar-refractivity contribution >= 4 is 48.1 Å². The maximum atomic E-state index is 13.1. The van der Waals surface area contributed by atoms with Crippen LogP contribution in [0.4, 0.5) is 19.0 Å². The molecule has 2 aliphatic heterocycles. The summed E-state index contributed by atoms with van der Waals surface area (Å²) in [5.74, 6) is 0.497. The van der Waals surface area contributed by atoms with Gasteiger partial charge in [-0.05, 0) is 81.9 Å². The fraction of sp³-hybridized carbons (Fsp3) is 0.559. The molecular weight excluding hydrogens is 676 g/mol. The number of nitrogens with one attached hydrogen (secondary N) is 1. The summed E-state index contributed by atoms with van der Waals surface area (Å²) in [6, 6.07) is 10.5. The molecule has 1 N–H and O–H groups in total. The first kappa shape index (κ1) is 35.4. The lowest BCUT2D eigenvalue weighted by Gasteiger charge is -2.35. The highest BCUT2D eigenvalue weighted by Gasteiger charge is 2.31. The van der Waals surface area contributed by atoms with Gasteiger partial charge >= 0.3 is 12.2 Å². The van der Waals surface area contributed by atoms with Crippen LogP contribution in [0.25, 0.3) is 21.1 Å². The third-order valence-electron chi connectivity index (χ3n) is 10.0. The molecule has 0 unspecified atom stereocenters. The second kappa shape index (κ2) is 14.0. The number of sulfone groups is 1. The Morgan fingerprint density at radius 1 is 1.10 bits per heavy atom. The number of thiophene rings is 1. The summed E-state index contributed by atoms with van der Waals surface area (Å²) >= 11 is 1.01. The zero-order valence-electron chi connectivity index (χ0n) is 28.2. The Kier molecular flexibility index (Phi) is 10.1. The number of alkyl halides is 3. The van der Waals surface area contributed by atoms with E-state index in [1.807, 2.05) is 6.07 Å². The topological polar surface area (TPSA) is 116 Å². The average molecular weight is 718 g/mol. The van der Waals surface area contributed by atoms with Gasteiger partial charge in [-0.1, -0.05) is 6.07 Å². The zero-order chi connectivity index (χ0) is 35.1. The molecule has 15 heteroatoms. The number of nitrogens with zero attached hydrogens (tertiary/aromatic N) is 6. The number of aryl methyl sites for hydroxylation is 1. The molecule has 264 valence electrons. The van der Waals surface area contributed by atoms with Crippen LogP contribution in [0.3, 0.4) is 0 Å². The van der Waals surface area contributed by atoms with Crippen molar-refractivity contribution in [3.8, 4) is 12.1 Å². The average Bonchev–Trinajstić information content (AvgIpc) is 3.62. The van der Waals surface area contributed by atoms with E-state index in [0.717, 1.165) is 73.4 Å². The van der Waals surface area contributed by atoms with Gasteiger partial charge in [-0.25, -0.2) is 8.42 Å². The molecule has 0 saturated carbocycles. The molecule has 0 amide bonds. The number of benzene rings is 1. The van der Waals surface area contributed by atoms with Gasteiger partial charge in [0.25, 0.3) is 0 Å². The molecule has 6 rings (SSSR count). The number of piperidine rings is 2. The molecule has 0 bridgehead atoms. The van der Waals surface area contributed by atoms with Crippen molar-refractivity contribution in [2.45, 2.75) is 82.6 Å². The molecule has 1 aromatic carbocycles. The number of hydrogen-bond donors (Lipinski definition) is 1. The number of halogens is 3. The second-order valence-electron chi connectivity index (χ2n) is 13.4. The van der Waals surface area contributed by atoms with Crippen LogP contribution in [0.2, 0.25) is 0 Å². The van der Waals surface area contributed by atoms with Crippen LogP contribution < -0.4 is 10.1 Å². The first-order valence-corrected chi connectivity index (χ1v) is 19.3. The van der Waals surface area contributed by atoms with E-state index >= 15 is 0 Å². The summed E-state index contributed by atoms with van der Waals surface area (Å²) in [4.78, 5) is 14.1. The summed E-state index contributed by atoms with van der Waals surface area (Å²) in [5, 5.41) is 14.9. The molecule has 0 spiro atoms. The molecule has 4 aromatic rings. The molecule has 10 nitrogen and oxygen atoms in total. The van der Waals surface area contributed by atoms with E-state index in [4.69, 9.17) is 4.74 Å². The fourth-order valence-electron chi connectivity index (χ4n) is 7.21. The quantitative estimate of drug-likeness (QED) is 0.214. The molecule has 49 heavy (non-hydrogen) atoms. The van der Waals surface area contributed by atoms with Crippen molar-refractivity contribution in [1.82, 2.24) is 24.3 Å². The second-order valence-corrected chi connectivity index (χ2v) is 16.9. The maximum Gasteiger partial charge on any atom is 0.393 e. The predicted octanol–water partition coefficient (Wildman–Crippen LogP) is 5.91. The number of aromatic nitrogens is 3. The summed E-state index contributed by atoms with van der Waals surface area (Å²) in [6.45, 7) is 8.79. The Labute approximate surface area is 288 Å². The maximum absolute atomic E-state index is 13.1. The van der Waals surface area contributed by atoms with Gasteiger partial charge < -0.3 is 14.6 Å². The number of likely N-dealkylation sites (tertiary alicyclic amines) is 2. The van der Waals surface area contributed by atoms with Crippen LogP contribution in [-0.2, 0) is 29.3 Å². The first-order valence-electron chi connectivity index (χ1n) is 16.6. The number of hydrogen-bond acceptors (Lipinski definition) is 10. The van der Waals surface area contributed by atoms with Gasteiger partial charge in [0.05, 0.1) is 24.2 Å². The standard InChI is InChI=1S/C34H42F3N7O3S2/c1-21(43-13-9-27(10-14-43)49(4,45)46)19-44-25(18-38)15-28-22(2)23(5-6-30(28)44)20-42-11-7-24(8-12-42)39-31-29-16-26(17-34(35,36)37)48-32(29)41-33(40-31)47-3/h5-6,15-16,21,24,27H,7-14,17,19-20H2,1-4H3,(H,39,40,41)/t21-/m0/s1. The van der Waals surface area contributed by atoms with Gasteiger partial charge in [0, 0.05) is 60.3 Å². The van der Waals surface area contributed by atoms with Crippen LogP contribution in [-0.4, -0.2) is 95.8 Å². The minimum atomic E-state index is -4.30. The zero-order valence-corrected chi connectivity index (χ0v) is 29.8. The van der Waals surface area contributed by atoms with E-state index in [-0.39, 0.29) is 28.2 Å². The van der Waals surface area contributed by atoms with Crippen molar-refractivity contribution in [2.24, 2.45) is 0 Å². The molecule has 3 aromatic heterocycles. The third-order valence-corrected chi connectivity index (χ3v) is 12.7. The lowest BCUT2D eigenvalue weighted by atomic mass is 10.0. The minimum Gasteiger partial charge on any atom is -0.467 e. The normalized spacial score (nSPS) is 18.2. The van der Waals surface area contributed by atoms with Crippen molar-refractivity contribution in [1.29, 1.82) is 5.26 Å². The van der Waals surface area contributed by atoms with Gasteiger partial charge in [0.2, 0.25) is 0 Å². The molecule has 2 fully saturated rings. The van der Waals surface area contributed by atoms with E-state index in [9.17, 15) is 26.9 Å². The van der Waals surface area contributed by atoms with Gasteiger partial charge in [-0.2, -0.15) is 28.4 Å². The summed E-state index contributed by atoms with van der Waals surface area (Å²) in [5.41, 5.74) is 4.00. The third kappa shape index (κ3) is 7.98. The van der Waals surface area contributed by atoms with Crippen molar-refractivity contribution < 1.29 is 26.3 Å². The molecule has 5 heterocycles. The number of rotatable bonds is 10. The van der Waals surface area contributed by atoms with E-state index < -0.39 is 22.4 Å². The van der Waals surface area contributed by atoms with Crippen LogP contribution in [0, 0.1) is 18.3 Å². The lowest BCUT2D eigenvalue weighted by Crippen LogP contribution is -2.44. The van der Waals surface area contributed by atoms with E-state index in [1.54, 1.807) is 0 Å². The lowest BCUT2D eigenvalue weighted by molar-refractivity contribution is -0.126. The van der Waals surface area contributed by atoms with Crippen LogP contribution >= 0.6 is 11.3 Å². The number of nitriles is 1. The highest BCUT2D eigenvalue weighted by molar-refractivity contribution is 7.91. The van der Waals surface area contributed by atoms with Crippen LogP contribution in [0.5, 0.6) is 6.01 Å². The minimum absolute atomic E-state index is 0.0972. The monoisotopic (exact) mass is 717 g/mol. The largest absolute Gasteiger partial charge is 0.467 e. The molecule has 1 atom stereocenters. The first-order chi connectivity index (χ1) is 23.2. The summed E-state index contributed by atoms with van der Waals surface area (Å²) in [7, 11) is -1.59. The Morgan fingerprint density at radius 2 is 1.82 bits per heavy atom. The number of anilines is 1. The molecule has 0 aliphatic carbocycles. The summed E-state index contributed by atoms with van der Waals surface area (Å²) < 4.78 is 70.5. The highest BCUT2D eigenvalue weighted by atomic mass is 32.2.